The molecule has 0 aliphatic heterocycles. The zero-order valence-corrected chi connectivity index (χ0v) is 14.1. The van der Waals surface area contributed by atoms with Crippen molar-refractivity contribution in [2.24, 2.45) is 0 Å². The van der Waals surface area contributed by atoms with Gasteiger partial charge in [-0.05, 0) is 47.5 Å². The average molecular weight is 410 g/mol. The molecule has 1 aromatic heterocycles. The number of hydrogen-bond donors (Lipinski definition) is 1. The lowest BCUT2D eigenvalue weighted by Crippen LogP contribution is -2.14. The van der Waals surface area contributed by atoms with Crippen LogP contribution >= 0.6 is 31.9 Å². The van der Waals surface area contributed by atoms with Crippen molar-refractivity contribution in [2.45, 2.75) is 18.7 Å². The van der Waals surface area contributed by atoms with E-state index in [-0.39, 0.29) is 10.9 Å². The molecule has 0 unspecified atom stereocenters. The number of aryl methyl sites for hydroxylation is 2. The van der Waals surface area contributed by atoms with Gasteiger partial charge in [0.15, 0.2) is 0 Å². The molecule has 0 saturated carbocycles. The summed E-state index contributed by atoms with van der Waals surface area (Å²) in [7, 11) is -3.75. The molecule has 102 valence electrons. The summed E-state index contributed by atoms with van der Waals surface area (Å²) >= 11 is 6.55. The predicted molar refractivity (Wildman–Crippen MR) is 78.6 cm³/mol. The highest BCUT2D eigenvalue weighted by molar-refractivity contribution is 9.11. The Bertz CT molecular complexity index is 726. The van der Waals surface area contributed by atoms with Crippen molar-refractivity contribution >= 4 is 47.9 Å². The highest BCUT2D eigenvalue weighted by Gasteiger charge is 2.21. The van der Waals surface area contributed by atoms with E-state index in [1.54, 1.807) is 13.0 Å². The fourth-order valence-electron chi connectivity index (χ4n) is 1.40. The molecule has 0 fully saturated rings. The highest BCUT2D eigenvalue weighted by Crippen LogP contribution is 2.29. The predicted octanol–water partition coefficient (Wildman–Crippen LogP) is 3.62. The number of benzene rings is 1. The second kappa shape index (κ2) is 5.26. The molecule has 2 rings (SSSR count). The summed E-state index contributed by atoms with van der Waals surface area (Å²) in [5.74, 6) is 0. The van der Waals surface area contributed by atoms with E-state index in [0.29, 0.717) is 14.6 Å². The minimum Gasteiger partial charge on any atom is -0.431 e. The molecule has 19 heavy (non-hydrogen) atoms. The number of anilines is 1. The maximum absolute atomic E-state index is 12.2. The van der Waals surface area contributed by atoms with Crippen LogP contribution in [0.15, 0.2) is 36.7 Å². The number of rotatable bonds is 3. The molecular weight excluding hydrogens is 400 g/mol. The lowest BCUT2D eigenvalue weighted by atomic mass is 10.2. The Hall–Kier alpha value is -0.860. The third kappa shape index (κ3) is 3.18. The number of sulfonamides is 1. The van der Waals surface area contributed by atoms with Crippen LogP contribution in [-0.2, 0) is 10.0 Å². The maximum atomic E-state index is 12.2. The summed E-state index contributed by atoms with van der Waals surface area (Å²) in [6.45, 7) is 3.58. The summed E-state index contributed by atoms with van der Waals surface area (Å²) < 4.78 is 32.9. The van der Waals surface area contributed by atoms with E-state index in [0.717, 1.165) is 5.56 Å². The lowest BCUT2D eigenvalue weighted by Gasteiger charge is -2.08. The van der Waals surface area contributed by atoms with Crippen LogP contribution in [0.4, 0.5) is 6.01 Å². The van der Waals surface area contributed by atoms with E-state index < -0.39 is 10.0 Å². The maximum Gasteiger partial charge on any atom is 0.309 e. The van der Waals surface area contributed by atoms with Crippen LogP contribution in [0.5, 0.6) is 0 Å². The Labute approximate surface area is 127 Å². The van der Waals surface area contributed by atoms with E-state index >= 15 is 0 Å². The molecule has 0 saturated heterocycles. The van der Waals surface area contributed by atoms with Gasteiger partial charge < -0.3 is 4.42 Å². The molecule has 1 aromatic carbocycles. The normalized spacial score (nSPS) is 11.6. The van der Waals surface area contributed by atoms with E-state index in [1.165, 1.54) is 12.3 Å². The molecule has 0 spiro atoms. The first-order valence-electron chi connectivity index (χ1n) is 5.20. The van der Waals surface area contributed by atoms with Crippen LogP contribution in [0, 0.1) is 13.8 Å². The zero-order chi connectivity index (χ0) is 14.2. The van der Waals surface area contributed by atoms with Crippen molar-refractivity contribution in [3.05, 3.63) is 38.6 Å². The summed E-state index contributed by atoms with van der Waals surface area (Å²) in [5.41, 5.74) is 1.53. The van der Waals surface area contributed by atoms with Crippen LogP contribution in [0.25, 0.3) is 0 Å². The minimum atomic E-state index is -3.75. The van der Waals surface area contributed by atoms with Gasteiger partial charge in [-0.25, -0.2) is 13.1 Å². The van der Waals surface area contributed by atoms with E-state index in [1.807, 2.05) is 6.92 Å². The van der Waals surface area contributed by atoms with Gasteiger partial charge >= 0.3 is 6.01 Å². The van der Waals surface area contributed by atoms with Crippen molar-refractivity contribution in [2.75, 3.05) is 4.72 Å². The molecule has 0 bridgehead atoms. The van der Waals surface area contributed by atoms with Crippen LogP contribution in [0.3, 0.4) is 0 Å². The molecule has 0 atom stereocenters. The second-order valence-electron chi connectivity index (χ2n) is 3.93. The van der Waals surface area contributed by atoms with Crippen molar-refractivity contribution < 1.29 is 12.8 Å². The average Bonchev–Trinajstić information content (AvgIpc) is 2.68. The Balaban J connectivity index is 2.42. The quantitative estimate of drug-likeness (QED) is 0.840. The fraction of sp³-hybridized carbons (Fsp3) is 0.182. The van der Waals surface area contributed by atoms with Gasteiger partial charge in [0.2, 0.25) is 0 Å². The molecule has 0 radical (unpaired) electrons. The van der Waals surface area contributed by atoms with Gasteiger partial charge in [-0.3, -0.25) is 0 Å². The number of aromatic nitrogens is 1. The minimum absolute atomic E-state index is 0.0545. The SMILES string of the molecule is Cc1coc(NS(=O)(=O)c2cc(Br)c(C)cc2Br)n1. The molecule has 1 heterocycles. The van der Waals surface area contributed by atoms with Crippen LogP contribution < -0.4 is 4.72 Å². The smallest absolute Gasteiger partial charge is 0.309 e. The van der Waals surface area contributed by atoms with Crippen LogP contribution in [0.2, 0.25) is 0 Å². The zero-order valence-electron chi connectivity index (χ0n) is 10.1. The topological polar surface area (TPSA) is 72.2 Å². The van der Waals surface area contributed by atoms with Crippen LogP contribution in [-0.4, -0.2) is 13.4 Å². The molecule has 0 amide bonds. The summed E-state index contributed by atoms with van der Waals surface area (Å²) in [6, 6.07) is 3.19. The number of oxazole rings is 1. The monoisotopic (exact) mass is 408 g/mol. The third-order valence-electron chi connectivity index (χ3n) is 2.34. The first-order chi connectivity index (χ1) is 8.79. The van der Waals surface area contributed by atoms with Gasteiger partial charge in [-0.2, -0.15) is 4.98 Å². The van der Waals surface area contributed by atoms with Gasteiger partial charge in [0.05, 0.1) is 5.69 Å². The third-order valence-corrected chi connectivity index (χ3v) is 5.48. The van der Waals surface area contributed by atoms with Gasteiger partial charge in [0, 0.05) is 8.95 Å². The van der Waals surface area contributed by atoms with E-state index in [9.17, 15) is 8.42 Å². The number of hydrogen-bond acceptors (Lipinski definition) is 4. The number of nitrogens with one attached hydrogen (secondary N) is 1. The Morgan fingerprint density at radius 1 is 1.21 bits per heavy atom. The van der Waals surface area contributed by atoms with Crippen molar-refractivity contribution in [1.29, 1.82) is 0 Å². The molecular formula is C11H10Br2N2O3S. The number of nitrogens with zero attached hydrogens (tertiary/aromatic N) is 1. The van der Waals surface area contributed by atoms with Gasteiger partial charge in [0.1, 0.15) is 11.2 Å². The van der Waals surface area contributed by atoms with Crippen LogP contribution in [0.1, 0.15) is 11.3 Å². The van der Waals surface area contributed by atoms with Gasteiger partial charge in [0.25, 0.3) is 10.0 Å². The molecule has 0 aliphatic rings. The van der Waals surface area contributed by atoms with Gasteiger partial charge in [-0.1, -0.05) is 15.9 Å². The number of halogens is 2. The molecule has 0 aliphatic carbocycles. The Morgan fingerprint density at radius 2 is 1.89 bits per heavy atom. The first-order valence-corrected chi connectivity index (χ1v) is 8.27. The van der Waals surface area contributed by atoms with Crippen molar-refractivity contribution in [3.63, 3.8) is 0 Å². The van der Waals surface area contributed by atoms with E-state index in [2.05, 4.69) is 41.6 Å². The fourth-order valence-corrected chi connectivity index (χ4v) is 4.02. The lowest BCUT2D eigenvalue weighted by molar-refractivity contribution is 0.569. The van der Waals surface area contributed by atoms with Crippen molar-refractivity contribution in [1.82, 2.24) is 4.98 Å². The first kappa shape index (κ1) is 14.5. The Morgan fingerprint density at radius 3 is 2.47 bits per heavy atom. The highest BCUT2D eigenvalue weighted by atomic mass is 79.9. The second-order valence-corrected chi connectivity index (χ2v) is 7.29. The molecule has 2 aromatic rings. The Kier molecular flexibility index (Phi) is 4.03. The van der Waals surface area contributed by atoms with Crippen molar-refractivity contribution in [3.8, 4) is 0 Å². The summed E-state index contributed by atoms with van der Waals surface area (Å²) in [6.07, 6.45) is 1.37. The van der Waals surface area contributed by atoms with E-state index in [4.69, 9.17) is 4.42 Å². The standard InChI is InChI=1S/C11H10Br2N2O3S/c1-6-3-9(13)10(4-8(6)12)19(16,17)15-11-14-7(2)5-18-11/h3-5H,1-2H3,(H,14,15). The molecule has 1 N–H and O–H groups in total. The summed E-state index contributed by atoms with van der Waals surface area (Å²) in [4.78, 5) is 4.02. The molecule has 8 heteroatoms. The summed E-state index contributed by atoms with van der Waals surface area (Å²) in [5, 5.41) is 0. The largest absolute Gasteiger partial charge is 0.431 e. The van der Waals surface area contributed by atoms with Gasteiger partial charge in [-0.15, -0.1) is 0 Å². The molecule has 5 nitrogen and oxygen atoms in total.